The molecule has 4 fully saturated rings. The second-order valence-corrected chi connectivity index (χ2v) is 19.9. The molecule has 0 bridgehead atoms. The second kappa shape index (κ2) is 16.1. The zero-order valence-corrected chi connectivity index (χ0v) is 36.1. The number of amides is 1. The Kier molecular flexibility index (Phi) is 10.7. The lowest BCUT2D eigenvalue weighted by molar-refractivity contribution is -0.139. The molecule has 4 aromatic heterocycles. The summed E-state index contributed by atoms with van der Waals surface area (Å²) < 4.78 is 118. The first-order valence-electron chi connectivity index (χ1n) is 21.4. The van der Waals surface area contributed by atoms with E-state index in [2.05, 4.69) is 30.4 Å². The minimum absolute atomic E-state index is 0.0263. The number of nitriles is 1. The van der Waals surface area contributed by atoms with E-state index < -0.39 is 69.3 Å². The first-order chi connectivity index (χ1) is 31.8. The van der Waals surface area contributed by atoms with Gasteiger partial charge in [-0.3, -0.25) is 23.8 Å². The van der Waals surface area contributed by atoms with Gasteiger partial charge < -0.3 is 15.7 Å². The molecule has 2 saturated carbocycles. The van der Waals surface area contributed by atoms with E-state index in [-0.39, 0.29) is 95.7 Å². The number of alkyl halides is 6. The Balaban J connectivity index is 0.866. The predicted octanol–water partition coefficient (Wildman–Crippen LogP) is 4.79. The number of nitrogens with two attached hydrogens (primary N) is 1. The van der Waals surface area contributed by atoms with Gasteiger partial charge in [0, 0.05) is 44.1 Å². The van der Waals surface area contributed by atoms with Gasteiger partial charge in [-0.25, -0.2) is 8.42 Å². The van der Waals surface area contributed by atoms with Gasteiger partial charge in [-0.15, -0.1) is 20.4 Å². The number of benzene rings is 2. The summed E-state index contributed by atoms with van der Waals surface area (Å²) in [6, 6.07) is 18.6. The first kappa shape index (κ1) is 44.8. The number of hydrogen-bond acceptors (Lipinski definition) is 12. The highest BCUT2D eigenvalue weighted by molar-refractivity contribution is 7.89. The number of carbonyl (C=O) groups excluding carboxylic acids is 1. The molecular weight excluding hydrogens is 907 g/mol. The summed E-state index contributed by atoms with van der Waals surface area (Å²) >= 11 is 0. The Bertz CT molecular complexity index is 3070. The number of sulfonamides is 1. The maximum Gasteiger partial charge on any atom is 0.416 e. The summed E-state index contributed by atoms with van der Waals surface area (Å²) in [4.78, 5) is 16.8. The molecule has 0 radical (unpaired) electrons. The number of fused-ring (bicyclic) bond motifs is 4. The monoisotopic (exact) mass is 948 g/mol. The topological polar surface area (TPSA) is 212 Å². The van der Waals surface area contributed by atoms with Crippen molar-refractivity contribution < 1.29 is 44.7 Å². The quantitative estimate of drug-likeness (QED) is 0.108. The molecule has 1 unspecified atom stereocenters. The molecule has 2 saturated heterocycles. The molecule has 2 aliphatic carbocycles. The number of likely N-dealkylation sites (tertiary alicyclic amines) is 2. The van der Waals surface area contributed by atoms with E-state index in [1.807, 2.05) is 6.07 Å². The van der Waals surface area contributed by atoms with Crippen molar-refractivity contribution in [3.8, 4) is 6.07 Å². The highest BCUT2D eigenvalue weighted by Gasteiger charge is 2.63. The Morgan fingerprint density at radius 2 is 1.43 bits per heavy atom. The molecule has 1 amide bonds. The smallest absolute Gasteiger partial charge is 0.371 e. The first-order valence-corrected chi connectivity index (χ1v) is 22.9. The molecular formula is C44H42F6N12O4S. The fraction of sp³-hybridized carbons (Fsp3) is 0.409. The Hall–Kier alpha value is -6.03. The third kappa shape index (κ3) is 7.78. The fourth-order valence-corrected chi connectivity index (χ4v) is 12.1. The van der Waals surface area contributed by atoms with Gasteiger partial charge in [-0.2, -0.15) is 36.3 Å². The fourth-order valence-electron chi connectivity index (χ4n) is 11.2. The van der Waals surface area contributed by atoms with Crippen molar-refractivity contribution in [2.75, 3.05) is 32.8 Å². The van der Waals surface area contributed by atoms with Crippen molar-refractivity contribution in [1.82, 2.24) is 49.0 Å². The van der Waals surface area contributed by atoms with Gasteiger partial charge in [0.1, 0.15) is 6.07 Å². The maximum absolute atomic E-state index is 14.3. The summed E-state index contributed by atoms with van der Waals surface area (Å²) in [5.41, 5.74) is 4.21. The zero-order chi connectivity index (χ0) is 47.3. The van der Waals surface area contributed by atoms with E-state index in [1.54, 1.807) is 28.0 Å². The van der Waals surface area contributed by atoms with Crippen LogP contribution in [-0.2, 0) is 22.4 Å². The van der Waals surface area contributed by atoms with Crippen molar-refractivity contribution in [2.45, 2.75) is 72.1 Å². The Morgan fingerprint density at radius 1 is 0.821 bits per heavy atom. The van der Waals surface area contributed by atoms with Gasteiger partial charge >= 0.3 is 12.4 Å². The molecule has 4 aliphatic rings. The molecule has 6 aromatic rings. The van der Waals surface area contributed by atoms with E-state index in [4.69, 9.17) is 5.73 Å². The largest absolute Gasteiger partial charge is 0.416 e. The standard InChI is InChI=1S/C44H42F6N12O4S/c45-43(46,47)33-7-3-1-5-31(33)26-13-27-19-59(20-28(27)14-26)39(63)37-57-56-36-12-10-30(21-62(36)37)67(65,66)54-24-53-42-16-29(32-6-2-4-8-34(32)44(48,49)50)15-41(42,52)22-60(23-42)40(64)38-58-55-35-11-9-25(17-51)18-61(35)38/h1-12,18,21,26-29,40,53-54,64H,13-16,19-20,22-24,52H2/t26-,27-,28+,29-,40?,41+,42-/m0/s1. The number of pyridine rings is 2. The summed E-state index contributed by atoms with van der Waals surface area (Å²) in [6.07, 6.45) is -6.91. The third-order valence-electron chi connectivity index (χ3n) is 14.3. The van der Waals surface area contributed by atoms with Crippen LogP contribution in [0.25, 0.3) is 11.3 Å². The van der Waals surface area contributed by atoms with Gasteiger partial charge in [0.15, 0.2) is 23.3 Å². The van der Waals surface area contributed by atoms with Crippen LogP contribution in [0.5, 0.6) is 0 Å². The van der Waals surface area contributed by atoms with Crippen molar-refractivity contribution in [2.24, 2.45) is 17.6 Å². The van der Waals surface area contributed by atoms with Gasteiger partial charge in [0.2, 0.25) is 15.8 Å². The number of nitrogens with zero attached hydrogens (tertiary/aromatic N) is 9. The number of halogens is 6. The van der Waals surface area contributed by atoms with Crippen LogP contribution in [0.4, 0.5) is 26.3 Å². The average Bonchev–Trinajstić information content (AvgIpc) is 4.14. The van der Waals surface area contributed by atoms with Gasteiger partial charge in [0.25, 0.3) is 5.91 Å². The normalized spacial score (nSPS) is 26.0. The number of aliphatic hydroxyl groups excluding tert-OH is 1. The molecule has 10 rings (SSSR count). The van der Waals surface area contributed by atoms with Crippen molar-refractivity contribution >= 4 is 27.2 Å². The summed E-state index contributed by atoms with van der Waals surface area (Å²) in [5.74, 6) is -1.71. The van der Waals surface area contributed by atoms with Crippen LogP contribution in [0.3, 0.4) is 0 Å². The number of aromatic nitrogens is 6. The number of rotatable bonds is 10. The molecule has 16 nitrogen and oxygen atoms in total. The van der Waals surface area contributed by atoms with E-state index in [0.717, 1.165) is 12.1 Å². The SMILES string of the molecule is N#Cc1ccc2nnc(C(O)N3C[C@]4(N)C[C@H](c5ccccc5C(F)(F)F)C[C@]4(NCNS(=O)(=O)c4ccc5nnc(C(=O)N6C[C@H]7C[C@@H](c8ccccc8C(F)(F)F)C[C@H]7C6)n5c4)C3)n2c1. The van der Waals surface area contributed by atoms with Crippen LogP contribution < -0.4 is 15.8 Å². The number of carbonyl (C=O) groups is 1. The lowest BCUT2D eigenvalue weighted by Crippen LogP contribution is -2.65. The Morgan fingerprint density at radius 3 is 2.09 bits per heavy atom. The van der Waals surface area contributed by atoms with Crippen molar-refractivity contribution in [3.05, 3.63) is 125 Å². The number of nitrogens with one attached hydrogen (secondary N) is 2. The lowest BCUT2D eigenvalue weighted by atomic mass is 9.84. The Labute approximate surface area is 378 Å². The molecule has 6 heterocycles. The number of aliphatic hydroxyl groups is 1. The minimum atomic E-state index is -4.66. The second-order valence-electron chi connectivity index (χ2n) is 18.1. The molecule has 67 heavy (non-hydrogen) atoms. The van der Waals surface area contributed by atoms with Gasteiger partial charge in [0.05, 0.1) is 33.8 Å². The minimum Gasteiger partial charge on any atom is -0.371 e. The van der Waals surface area contributed by atoms with Gasteiger partial charge in [-0.1, -0.05) is 36.4 Å². The molecule has 5 N–H and O–H groups in total. The van der Waals surface area contributed by atoms with E-state index in [0.29, 0.717) is 18.5 Å². The predicted molar refractivity (Wildman–Crippen MR) is 225 cm³/mol. The van der Waals surface area contributed by atoms with Crippen LogP contribution in [-0.4, -0.2) is 102 Å². The molecule has 2 aromatic carbocycles. The summed E-state index contributed by atoms with van der Waals surface area (Å²) in [6.45, 7) is 0.0235. The lowest BCUT2D eigenvalue weighted by Gasteiger charge is -2.37. The van der Waals surface area contributed by atoms with Crippen LogP contribution in [0.15, 0.2) is 90.1 Å². The van der Waals surface area contributed by atoms with Crippen LogP contribution in [0.1, 0.15) is 88.0 Å². The summed E-state index contributed by atoms with van der Waals surface area (Å²) in [7, 11) is -4.38. The number of hydrogen-bond donors (Lipinski definition) is 4. The highest BCUT2D eigenvalue weighted by atomic mass is 32.2. The molecule has 2 aliphatic heterocycles. The van der Waals surface area contributed by atoms with Crippen molar-refractivity contribution in [1.29, 1.82) is 5.26 Å². The van der Waals surface area contributed by atoms with Crippen LogP contribution in [0.2, 0.25) is 0 Å². The van der Waals surface area contributed by atoms with E-state index >= 15 is 0 Å². The highest BCUT2D eigenvalue weighted by Crippen LogP contribution is 2.53. The van der Waals surface area contributed by atoms with Crippen LogP contribution in [0, 0.1) is 23.2 Å². The molecule has 0 spiro atoms. The van der Waals surface area contributed by atoms with E-state index in [1.165, 1.54) is 63.7 Å². The maximum atomic E-state index is 14.3. The molecule has 23 heteroatoms. The zero-order valence-electron chi connectivity index (χ0n) is 35.3. The van der Waals surface area contributed by atoms with E-state index in [9.17, 15) is 49.9 Å². The molecule has 7 atom stereocenters. The van der Waals surface area contributed by atoms with Crippen molar-refractivity contribution in [3.63, 3.8) is 0 Å². The summed E-state index contributed by atoms with van der Waals surface area (Å²) in [5, 5.41) is 40.8. The third-order valence-corrected chi connectivity index (χ3v) is 15.7. The van der Waals surface area contributed by atoms with Crippen LogP contribution >= 0.6 is 0 Å². The van der Waals surface area contributed by atoms with Gasteiger partial charge in [-0.05, 0) is 96.9 Å². The molecule has 350 valence electrons. The average molecular weight is 949 g/mol.